The predicted molar refractivity (Wildman–Crippen MR) is 151 cm³/mol. The number of carbonyl (C=O) groups is 1. The van der Waals surface area contributed by atoms with Crippen LogP contribution >= 0.6 is 0 Å². The number of halogens is 1. The van der Waals surface area contributed by atoms with Gasteiger partial charge >= 0.3 is 6.03 Å². The number of amides is 2. The maximum Gasteiger partial charge on any atom is 0.321 e. The standard InChI is InChI=1S/C33H33FN2O4/c34-29(19-23-9-3-1-4-10-23)31-32(39)30(20-24-11-5-2-6-12-24)35(21-25-13-7-15-27(37)17-25)33(40)36(31)22-26-14-8-16-28(38)18-26/h1-18,29-32,37-39H,19-22H2/t29?,30-,31-,32+/m1/s1. The van der Waals surface area contributed by atoms with Gasteiger partial charge in [0.15, 0.2) is 0 Å². The van der Waals surface area contributed by atoms with Crippen LogP contribution in [0.15, 0.2) is 109 Å². The van der Waals surface area contributed by atoms with Gasteiger partial charge in [-0.3, -0.25) is 0 Å². The lowest BCUT2D eigenvalue weighted by molar-refractivity contribution is -0.0670. The molecule has 1 heterocycles. The van der Waals surface area contributed by atoms with E-state index in [1.165, 1.54) is 17.0 Å². The average Bonchev–Trinajstić information content (AvgIpc) is 2.94. The highest BCUT2D eigenvalue weighted by atomic mass is 19.1. The summed E-state index contributed by atoms with van der Waals surface area (Å²) in [4.78, 5) is 17.2. The minimum absolute atomic E-state index is 0.0127. The van der Waals surface area contributed by atoms with Crippen molar-refractivity contribution in [3.8, 4) is 11.5 Å². The zero-order chi connectivity index (χ0) is 28.1. The lowest BCUT2D eigenvalue weighted by atomic mass is 9.87. The Morgan fingerprint density at radius 1 is 0.675 bits per heavy atom. The number of aromatic hydroxyl groups is 2. The first kappa shape index (κ1) is 27.2. The first-order valence-electron chi connectivity index (χ1n) is 13.4. The van der Waals surface area contributed by atoms with Gasteiger partial charge in [0.1, 0.15) is 17.7 Å². The highest BCUT2D eigenvalue weighted by Gasteiger charge is 2.49. The first-order chi connectivity index (χ1) is 19.4. The molecule has 40 heavy (non-hydrogen) atoms. The number of benzene rings is 4. The van der Waals surface area contributed by atoms with Crippen molar-refractivity contribution in [2.45, 2.75) is 50.3 Å². The molecule has 0 aliphatic carbocycles. The number of nitrogens with zero attached hydrogens (tertiary/aromatic N) is 2. The van der Waals surface area contributed by atoms with E-state index in [1.54, 1.807) is 41.3 Å². The van der Waals surface area contributed by atoms with Crippen LogP contribution in [0.2, 0.25) is 0 Å². The van der Waals surface area contributed by atoms with Crippen molar-refractivity contribution in [1.29, 1.82) is 0 Å². The van der Waals surface area contributed by atoms with Gasteiger partial charge < -0.3 is 25.1 Å². The Bertz CT molecular complexity index is 1420. The summed E-state index contributed by atoms with van der Waals surface area (Å²) in [5.41, 5.74) is 3.00. The van der Waals surface area contributed by atoms with Gasteiger partial charge in [-0.05, 0) is 52.9 Å². The maximum absolute atomic E-state index is 16.3. The van der Waals surface area contributed by atoms with E-state index in [0.717, 1.165) is 11.1 Å². The topological polar surface area (TPSA) is 84.2 Å². The third kappa shape index (κ3) is 6.26. The van der Waals surface area contributed by atoms with Crippen LogP contribution < -0.4 is 0 Å². The van der Waals surface area contributed by atoms with Crippen LogP contribution in [0.3, 0.4) is 0 Å². The summed E-state index contributed by atoms with van der Waals surface area (Å²) < 4.78 is 16.3. The molecule has 0 radical (unpaired) electrons. The van der Waals surface area contributed by atoms with Crippen LogP contribution in [0, 0.1) is 0 Å². The molecule has 6 nitrogen and oxygen atoms in total. The Morgan fingerprint density at radius 2 is 1.18 bits per heavy atom. The molecule has 0 bridgehead atoms. The van der Waals surface area contributed by atoms with Gasteiger partial charge in [-0.25, -0.2) is 9.18 Å². The van der Waals surface area contributed by atoms with E-state index in [1.807, 2.05) is 60.7 Å². The Morgan fingerprint density at radius 3 is 1.73 bits per heavy atom. The van der Waals surface area contributed by atoms with Gasteiger partial charge in [0, 0.05) is 19.5 Å². The Labute approximate surface area is 233 Å². The summed E-state index contributed by atoms with van der Waals surface area (Å²) in [6, 6.07) is 29.6. The molecular formula is C33H33FN2O4. The fraction of sp³-hybridized carbons (Fsp3) is 0.242. The van der Waals surface area contributed by atoms with Crippen molar-refractivity contribution in [2.75, 3.05) is 0 Å². The third-order valence-electron chi connectivity index (χ3n) is 7.45. The number of hydrogen-bond acceptors (Lipinski definition) is 4. The number of phenolic OH excluding ortho intramolecular Hbond substituents is 2. The molecule has 4 aromatic carbocycles. The molecule has 5 rings (SSSR count). The summed E-state index contributed by atoms with van der Waals surface area (Å²) in [5, 5.41) is 32.0. The maximum atomic E-state index is 16.3. The summed E-state index contributed by atoms with van der Waals surface area (Å²) in [6.45, 7) is 0.138. The van der Waals surface area contributed by atoms with Gasteiger partial charge in [-0.1, -0.05) is 84.9 Å². The van der Waals surface area contributed by atoms with Gasteiger partial charge in [0.05, 0.1) is 18.2 Å². The minimum Gasteiger partial charge on any atom is -0.508 e. The molecule has 2 amide bonds. The molecular weight excluding hydrogens is 507 g/mol. The van der Waals surface area contributed by atoms with Crippen molar-refractivity contribution in [3.05, 3.63) is 131 Å². The van der Waals surface area contributed by atoms with Crippen molar-refractivity contribution in [2.24, 2.45) is 0 Å². The molecule has 1 fully saturated rings. The Hall–Kier alpha value is -4.36. The lowest BCUT2D eigenvalue weighted by Crippen LogP contribution is -2.68. The van der Waals surface area contributed by atoms with Crippen LogP contribution in [-0.4, -0.2) is 55.5 Å². The molecule has 3 N–H and O–H groups in total. The van der Waals surface area contributed by atoms with E-state index < -0.39 is 30.4 Å². The van der Waals surface area contributed by atoms with Crippen LogP contribution in [0.25, 0.3) is 0 Å². The van der Waals surface area contributed by atoms with Gasteiger partial charge in [0.25, 0.3) is 0 Å². The number of rotatable bonds is 9. The molecule has 7 heteroatoms. The van der Waals surface area contributed by atoms with Crippen molar-refractivity contribution in [1.82, 2.24) is 9.80 Å². The Balaban J connectivity index is 1.54. The number of hydrogen-bond donors (Lipinski definition) is 3. The summed E-state index contributed by atoms with van der Waals surface area (Å²) in [5.74, 6) is 0.113. The quantitative estimate of drug-likeness (QED) is 0.263. The second-order valence-electron chi connectivity index (χ2n) is 10.3. The van der Waals surface area contributed by atoms with E-state index in [4.69, 9.17) is 0 Å². The van der Waals surface area contributed by atoms with Crippen LogP contribution in [0.5, 0.6) is 11.5 Å². The van der Waals surface area contributed by atoms with Crippen LogP contribution in [0.4, 0.5) is 9.18 Å². The van der Waals surface area contributed by atoms with E-state index in [0.29, 0.717) is 17.5 Å². The number of aliphatic hydroxyl groups is 1. The fourth-order valence-electron chi connectivity index (χ4n) is 5.55. The van der Waals surface area contributed by atoms with Crippen molar-refractivity contribution < 1.29 is 24.5 Å². The highest BCUT2D eigenvalue weighted by molar-refractivity contribution is 5.77. The summed E-state index contributed by atoms with van der Waals surface area (Å²) >= 11 is 0. The molecule has 206 valence electrons. The number of carbonyl (C=O) groups excluding carboxylic acids is 1. The van der Waals surface area contributed by atoms with E-state index >= 15 is 4.39 Å². The normalized spacial score (nSPS) is 19.9. The molecule has 1 aliphatic heterocycles. The third-order valence-corrected chi connectivity index (χ3v) is 7.45. The first-order valence-corrected chi connectivity index (χ1v) is 13.4. The van der Waals surface area contributed by atoms with Gasteiger partial charge in [0.2, 0.25) is 0 Å². The summed E-state index contributed by atoms with van der Waals surface area (Å²) in [7, 11) is 0. The number of phenols is 2. The van der Waals surface area contributed by atoms with Crippen molar-refractivity contribution >= 4 is 6.03 Å². The molecule has 0 aromatic heterocycles. The smallest absolute Gasteiger partial charge is 0.321 e. The zero-order valence-corrected chi connectivity index (χ0v) is 22.1. The van der Waals surface area contributed by atoms with Crippen molar-refractivity contribution in [3.63, 3.8) is 0 Å². The predicted octanol–water partition coefficient (Wildman–Crippen LogP) is 5.46. The number of alkyl halides is 1. The fourth-order valence-corrected chi connectivity index (χ4v) is 5.55. The molecule has 1 unspecified atom stereocenters. The van der Waals surface area contributed by atoms with E-state index in [-0.39, 0.29) is 31.0 Å². The molecule has 4 aromatic rings. The molecule has 4 atom stereocenters. The van der Waals surface area contributed by atoms with Crippen LogP contribution in [-0.2, 0) is 25.9 Å². The average molecular weight is 541 g/mol. The lowest BCUT2D eigenvalue weighted by Gasteiger charge is -2.50. The molecule has 0 spiro atoms. The van der Waals surface area contributed by atoms with E-state index in [2.05, 4.69) is 0 Å². The largest absolute Gasteiger partial charge is 0.508 e. The molecule has 1 aliphatic rings. The molecule has 1 saturated heterocycles. The van der Waals surface area contributed by atoms with Gasteiger partial charge in [-0.2, -0.15) is 0 Å². The van der Waals surface area contributed by atoms with Crippen LogP contribution in [0.1, 0.15) is 22.3 Å². The number of aliphatic hydroxyl groups excluding tert-OH is 1. The molecule has 0 saturated carbocycles. The highest BCUT2D eigenvalue weighted by Crippen LogP contribution is 2.33. The monoisotopic (exact) mass is 540 g/mol. The summed E-state index contributed by atoms with van der Waals surface area (Å²) in [6.07, 6.45) is -2.39. The minimum atomic E-state index is -1.54. The Kier molecular flexibility index (Phi) is 8.31. The zero-order valence-electron chi connectivity index (χ0n) is 22.1. The second kappa shape index (κ2) is 12.2. The van der Waals surface area contributed by atoms with Gasteiger partial charge in [-0.15, -0.1) is 0 Å². The number of urea groups is 1. The SMILES string of the molecule is O=C1N(Cc2cccc(O)c2)[C@H](Cc2ccccc2)[C@H](O)[C@@H](C(F)Cc2ccccc2)N1Cc1cccc(O)c1. The second-order valence-corrected chi connectivity index (χ2v) is 10.3. The van der Waals surface area contributed by atoms with E-state index in [9.17, 15) is 20.1 Å².